The molecule has 1 fully saturated rings. The Balaban J connectivity index is 2.29. The molecule has 72 valence electrons. The summed E-state index contributed by atoms with van der Waals surface area (Å²) in [5, 5.41) is 0. The SMILES string of the molecule is CC[C@H](COC)N1CCOCC1. The number of hydrogen-bond donors (Lipinski definition) is 0. The lowest BCUT2D eigenvalue weighted by atomic mass is 10.2. The standard InChI is InChI=1S/C9H19NO2/c1-3-9(8-11-2)10-4-6-12-7-5-10/h9H,3-8H2,1-2H3/t9-/m1/s1. The normalized spacial score (nSPS) is 22.5. The third-order valence-electron chi connectivity index (χ3n) is 2.39. The average Bonchev–Trinajstić information content (AvgIpc) is 2.15. The largest absolute Gasteiger partial charge is 0.383 e. The van der Waals surface area contributed by atoms with Crippen LogP contribution in [-0.2, 0) is 9.47 Å². The number of ether oxygens (including phenoxy) is 2. The summed E-state index contributed by atoms with van der Waals surface area (Å²) in [7, 11) is 1.77. The Morgan fingerprint density at radius 3 is 2.58 bits per heavy atom. The molecule has 1 aliphatic rings. The van der Waals surface area contributed by atoms with Gasteiger partial charge < -0.3 is 9.47 Å². The predicted octanol–water partition coefficient (Wildman–Crippen LogP) is 0.744. The fourth-order valence-corrected chi connectivity index (χ4v) is 1.62. The van der Waals surface area contributed by atoms with Gasteiger partial charge in [0.1, 0.15) is 0 Å². The molecule has 3 nitrogen and oxygen atoms in total. The molecular weight excluding hydrogens is 154 g/mol. The molecule has 1 rings (SSSR count). The topological polar surface area (TPSA) is 21.7 Å². The lowest BCUT2D eigenvalue weighted by Gasteiger charge is -2.33. The van der Waals surface area contributed by atoms with Crippen molar-refractivity contribution in [1.82, 2.24) is 4.90 Å². The van der Waals surface area contributed by atoms with Gasteiger partial charge in [0.2, 0.25) is 0 Å². The molecule has 0 unspecified atom stereocenters. The Morgan fingerprint density at radius 1 is 1.42 bits per heavy atom. The Hall–Kier alpha value is -0.120. The van der Waals surface area contributed by atoms with Gasteiger partial charge in [-0.15, -0.1) is 0 Å². The van der Waals surface area contributed by atoms with Crippen molar-refractivity contribution in [1.29, 1.82) is 0 Å². The number of hydrogen-bond acceptors (Lipinski definition) is 3. The van der Waals surface area contributed by atoms with Gasteiger partial charge in [-0.25, -0.2) is 0 Å². The van der Waals surface area contributed by atoms with Gasteiger partial charge in [-0.3, -0.25) is 4.90 Å². The summed E-state index contributed by atoms with van der Waals surface area (Å²) in [5.41, 5.74) is 0. The zero-order valence-corrected chi connectivity index (χ0v) is 8.08. The van der Waals surface area contributed by atoms with Gasteiger partial charge >= 0.3 is 0 Å². The summed E-state index contributed by atoms with van der Waals surface area (Å²) in [4.78, 5) is 2.45. The van der Waals surface area contributed by atoms with E-state index in [1.54, 1.807) is 7.11 Å². The summed E-state index contributed by atoms with van der Waals surface area (Å²) in [5.74, 6) is 0. The van der Waals surface area contributed by atoms with Crippen LogP contribution in [0.5, 0.6) is 0 Å². The molecule has 0 aromatic carbocycles. The van der Waals surface area contributed by atoms with Crippen molar-refractivity contribution in [2.75, 3.05) is 40.0 Å². The average molecular weight is 173 g/mol. The summed E-state index contributed by atoms with van der Waals surface area (Å²) in [6.07, 6.45) is 1.16. The maximum absolute atomic E-state index is 5.29. The minimum Gasteiger partial charge on any atom is -0.383 e. The quantitative estimate of drug-likeness (QED) is 0.626. The van der Waals surface area contributed by atoms with Crippen LogP contribution in [-0.4, -0.2) is 51.0 Å². The van der Waals surface area contributed by atoms with Crippen LogP contribution in [0.1, 0.15) is 13.3 Å². The first-order chi connectivity index (χ1) is 5.88. The highest BCUT2D eigenvalue weighted by molar-refractivity contribution is 4.71. The van der Waals surface area contributed by atoms with Gasteiger partial charge in [-0.1, -0.05) is 6.92 Å². The van der Waals surface area contributed by atoms with Gasteiger partial charge in [0, 0.05) is 26.2 Å². The third-order valence-corrected chi connectivity index (χ3v) is 2.39. The molecule has 0 aromatic rings. The van der Waals surface area contributed by atoms with Gasteiger partial charge in [0.15, 0.2) is 0 Å². The van der Waals surface area contributed by atoms with Crippen molar-refractivity contribution in [2.45, 2.75) is 19.4 Å². The zero-order valence-electron chi connectivity index (χ0n) is 8.08. The Kier molecular flexibility index (Phi) is 4.58. The van der Waals surface area contributed by atoms with E-state index in [0.717, 1.165) is 39.3 Å². The minimum atomic E-state index is 0.582. The molecule has 1 heterocycles. The summed E-state index contributed by atoms with van der Waals surface area (Å²) in [6.45, 7) is 6.92. The highest BCUT2D eigenvalue weighted by Gasteiger charge is 2.18. The fraction of sp³-hybridized carbons (Fsp3) is 1.00. The molecule has 0 saturated carbocycles. The van der Waals surface area contributed by atoms with Crippen LogP contribution in [0.25, 0.3) is 0 Å². The van der Waals surface area contributed by atoms with Crippen molar-refractivity contribution in [3.05, 3.63) is 0 Å². The second-order valence-electron chi connectivity index (χ2n) is 3.17. The molecule has 3 heteroatoms. The van der Waals surface area contributed by atoms with Crippen molar-refractivity contribution in [3.63, 3.8) is 0 Å². The van der Waals surface area contributed by atoms with Crippen molar-refractivity contribution in [3.8, 4) is 0 Å². The van der Waals surface area contributed by atoms with Crippen LogP contribution in [0.15, 0.2) is 0 Å². The summed E-state index contributed by atoms with van der Waals surface area (Å²) >= 11 is 0. The fourth-order valence-electron chi connectivity index (χ4n) is 1.62. The summed E-state index contributed by atoms with van der Waals surface area (Å²) < 4.78 is 10.5. The van der Waals surface area contributed by atoms with Crippen LogP contribution < -0.4 is 0 Å². The number of rotatable bonds is 4. The number of methoxy groups -OCH3 is 1. The van der Waals surface area contributed by atoms with E-state index in [-0.39, 0.29) is 0 Å². The first-order valence-corrected chi connectivity index (χ1v) is 4.69. The van der Waals surface area contributed by atoms with Crippen molar-refractivity contribution in [2.24, 2.45) is 0 Å². The molecule has 0 aromatic heterocycles. The van der Waals surface area contributed by atoms with Crippen LogP contribution in [0, 0.1) is 0 Å². The Morgan fingerprint density at radius 2 is 2.08 bits per heavy atom. The Labute approximate surface area is 74.6 Å². The monoisotopic (exact) mass is 173 g/mol. The molecule has 1 atom stereocenters. The molecule has 0 N–H and O–H groups in total. The van der Waals surface area contributed by atoms with E-state index in [1.807, 2.05) is 0 Å². The molecule has 12 heavy (non-hydrogen) atoms. The Bertz CT molecular complexity index is 110. The second-order valence-corrected chi connectivity index (χ2v) is 3.17. The maximum atomic E-state index is 5.29. The van der Waals surface area contributed by atoms with Gasteiger partial charge in [0.25, 0.3) is 0 Å². The van der Waals surface area contributed by atoms with Gasteiger partial charge in [-0.2, -0.15) is 0 Å². The first kappa shape index (κ1) is 9.96. The molecule has 0 aliphatic carbocycles. The molecule has 1 saturated heterocycles. The van der Waals surface area contributed by atoms with Crippen LogP contribution in [0.2, 0.25) is 0 Å². The maximum Gasteiger partial charge on any atom is 0.0617 e. The zero-order chi connectivity index (χ0) is 8.81. The molecule has 0 radical (unpaired) electrons. The highest BCUT2D eigenvalue weighted by atomic mass is 16.5. The second kappa shape index (κ2) is 5.51. The van der Waals surface area contributed by atoms with Crippen molar-refractivity contribution < 1.29 is 9.47 Å². The van der Waals surface area contributed by atoms with Crippen LogP contribution in [0.4, 0.5) is 0 Å². The van der Waals surface area contributed by atoms with E-state index in [4.69, 9.17) is 9.47 Å². The lowest BCUT2D eigenvalue weighted by molar-refractivity contribution is -0.00397. The van der Waals surface area contributed by atoms with Crippen LogP contribution in [0.3, 0.4) is 0 Å². The van der Waals surface area contributed by atoms with E-state index in [0.29, 0.717) is 6.04 Å². The predicted molar refractivity (Wildman–Crippen MR) is 48.3 cm³/mol. The minimum absolute atomic E-state index is 0.582. The molecule has 1 aliphatic heterocycles. The third kappa shape index (κ3) is 2.73. The lowest BCUT2D eigenvalue weighted by Crippen LogP contribution is -2.45. The number of morpholine rings is 1. The van der Waals surface area contributed by atoms with E-state index < -0.39 is 0 Å². The molecular formula is C9H19NO2. The smallest absolute Gasteiger partial charge is 0.0617 e. The molecule has 0 bridgehead atoms. The van der Waals surface area contributed by atoms with Gasteiger partial charge in [-0.05, 0) is 6.42 Å². The highest BCUT2D eigenvalue weighted by Crippen LogP contribution is 2.07. The van der Waals surface area contributed by atoms with E-state index in [9.17, 15) is 0 Å². The molecule has 0 amide bonds. The number of nitrogens with zero attached hydrogens (tertiary/aromatic N) is 1. The van der Waals surface area contributed by atoms with E-state index in [2.05, 4.69) is 11.8 Å². The van der Waals surface area contributed by atoms with E-state index in [1.165, 1.54) is 0 Å². The van der Waals surface area contributed by atoms with E-state index >= 15 is 0 Å². The summed E-state index contributed by atoms with van der Waals surface area (Å²) in [6, 6.07) is 0.582. The van der Waals surface area contributed by atoms with Crippen LogP contribution >= 0.6 is 0 Å². The first-order valence-electron chi connectivity index (χ1n) is 4.69. The van der Waals surface area contributed by atoms with Crippen molar-refractivity contribution >= 4 is 0 Å². The molecule has 0 spiro atoms. The van der Waals surface area contributed by atoms with Gasteiger partial charge in [0.05, 0.1) is 19.8 Å².